The fraction of sp³-hybridized carbons (Fsp3) is 0.185. The van der Waals surface area contributed by atoms with Crippen molar-refractivity contribution in [1.82, 2.24) is 14.8 Å². The number of rotatable bonds is 8. The Hall–Kier alpha value is -4.73. The Bertz CT molecular complexity index is 1460. The SMILES string of the molecule is COc1ccc(NC(=O)C2(C(=O)Nc3ccc(Oc4ccnc(-c5cnn(C)c5)c4)c(F)c3)CC2)cc1. The standard InChI is InChI=1S/C27H24FN5O4/c1-33-16-17(15-30-33)23-14-21(9-12-29-23)37-24-8-5-19(13-22(24)28)32-26(35)27(10-11-27)25(34)31-18-3-6-20(36-2)7-4-18/h3-9,12-16H,10-11H2,1-2H3,(H,31,34)(H,32,35). The van der Waals surface area contributed by atoms with Gasteiger partial charge in [-0.15, -0.1) is 0 Å². The molecule has 2 N–H and O–H groups in total. The maximum atomic E-state index is 14.8. The molecule has 188 valence electrons. The van der Waals surface area contributed by atoms with Crippen LogP contribution in [0.2, 0.25) is 0 Å². The van der Waals surface area contributed by atoms with Crippen LogP contribution in [-0.2, 0) is 16.6 Å². The van der Waals surface area contributed by atoms with E-state index in [-0.39, 0.29) is 11.4 Å². The van der Waals surface area contributed by atoms with E-state index < -0.39 is 23.0 Å². The van der Waals surface area contributed by atoms with Crippen LogP contribution in [0.15, 0.2) is 73.2 Å². The van der Waals surface area contributed by atoms with Crippen LogP contribution in [0.5, 0.6) is 17.2 Å². The van der Waals surface area contributed by atoms with Crippen molar-refractivity contribution in [2.75, 3.05) is 17.7 Å². The lowest BCUT2D eigenvalue weighted by molar-refractivity contribution is -0.131. The Morgan fingerprint density at radius 3 is 2.30 bits per heavy atom. The van der Waals surface area contributed by atoms with Crippen LogP contribution >= 0.6 is 0 Å². The number of ether oxygens (including phenoxy) is 2. The summed E-state index contributed by atoms with van der Waals surface area (Å²) in [5, 5.41) is 9.55. The summed E-state index contributed by atoms with van der Waals surface area (Å²) in [6.07, 6.45) is 5.87. The molecule has 37 heavy (non-hydrogen) atoms. The summed E-state index contributed by atoms with van der Waals surface area (Å²) in [4.78, 5) is 30.1. The normalized spacial score (nSPS) is 13.5. The number of benzene rings is 2. The summed E-state index contributed by atoms with van der Waals surface area (Å²) >= 11 is 0. The van der Waals surface area contributed by atoms with Crippen LogP contribution in [0.25, 0.3) is 11.3 Å². The van der Waals surface area contributed by atoms with Gasteiger partial charge in [-0.25, -0.2) is 4.39 Å². The van der Waals surface area contributed by atoms with Gasteiger partial charge in [0.1, 0.15) is 16.9 Å². The van der Waals surface area contributed by atoms with Gasteiger partial charge in [0.2, 0.25) is 11.8 Å². The van der Waals surface area contributed by atoms with E-state index in [0.29, 0.717) is 35.7 Å². The first-order valence-electron chi connectivity index (χ1n) is 11.6. The molecule has 0 bridgehead atoms. The summed E-state index contributed by atoms with van der Waals surface area (Å²) in [6.45, 7) is 0. The zero-order valence-corrected chi connectivity index (χ0v) is 20.2. The van der Waals surface area contributed by atoms with Gasteiger partial charge < -0.3 is 20.1 Å². The fourth-order valence-electron chi connectivity index (χ4n) is 3.83. The Labute approximate surface area is 212 Å². The predicted molar refractivity (Wildman–Crippen MR) is 135 cm³/mol. The lowest BCUT2D eigenvalue weighted by atomic mass is 10.0. The highest BCUT2D eigenvalue weighted by molar-refractivity contribution is 6.16. The van der Waals surface area contributed by atoms with Crippen LogP contribution in [0, 0.1) is 11.2 Å². The summed E-state index contributed by atoms with van der Waals surface area (Å²) in [5.41, 5.74) is 1.03. The van der Waals surface area contributed by atoms with E-state index in [1.807, 2.05) is 6.20 Å². The number of nitrogens with one attached hydrogen (secondary N) is 2. The zero-order chi connectivity index (χ0) is 26.0. The summed E-state index contributed by atoms with van der Waals surface area (Å²) in [7, 11) is 3.36. The summed E-state index contributed by atoms with van der Waals surface area (Å²) < 4.78 is 27.3. The molecule has 2 aromatic carbocycles. The largest absolute Gasteiger partial charge is 0.497 e. The molecule has 10 heteroatoms. The van der Waals surface area contributed by atoms with Crippen LogP contribution in [0.4, 0.5) is 15.8 Å². The van der Waals surface area contributed by atoms with Gasteiger partial charge in [0.25, 0.3) is 0 Å². The first-order valence-corrected chi connectivity index (χ1v) is 11.6. The quantitative estimate of drug-likeness (QED) is 0.337. The topological polar surface area (TPSA) is 107 Å². The van der Waals surface area contributed by atoms with Crippen molar-refractivity contribution < 1.29 is 23.5 Å². The molecule has 0 aliphatic heterocycles. The van der Waals surface area contributed by atoms with Gasteiger partial charge in [-0.2, -0.15) is 5.10 Å². The molecule has 2 amide bonds. The Kier molecular flexibility index (Phi) is 6.31. The number of carbonyl (C=O) groups excluding carboxylic acids is 2. The number of halogens is 1. The van der Waals surface area contributed by atoms with E-state index in [9.17, 15) is 14.0 Å². The maximum Gasteiger partial charge on any atom is 0.240 e. The second-order valence-electron chi connectivity index (χ2n) is 8.75. The Balaban J connectivity index is 1.24. The van der Waals surface area contributed by atoms with Gasteiger partial charge in [-0.3, -0.25) is 19.3 Å². The molecule has 1 aliphatic rings. The Morgan fingerprint density at radius 1 is 0.973 bits per heavy atom. The fourth-order valence-corrected chi connectivity index (χ4v) is 3.83. The minimum atomic E-state index is -1.19. The molecular weight excluding hydrogens is 477 g/mol. The number of methoxy groups -OCH3 is 1. The number of hydrogen-bond acceptors (Lipinski definition) is 6. The minimum Gasteiger partial charge on any atom is -0.497 e. The highest BCUT2D eigenvalue weighted by Gasteiger charge is 2.56. The average Bonchev–Trinajstić information content (AvgIpc) is 3.61. The van der Waals surface area contributed by atoms with Gasteiger partial charge in [-0.05, 0) is 55.3 Å². The number of aryl methyl sites for hydroxylation is 1. The minimum absolute atomic E-state index is 0.0141. The second-order valence-corrected chi connectivity index (χ2v) is 8.75. The Morgan fingerprint density at radius 2 is 1.68 bits per heavy atom. The lowest BCUT2D eigenvalue weighted by Crippen LogP contribution is -2.35. The molecule has 1 fully saturated rings. The maximum absolute atomic E-state index is 14.8. The van der Waals surface area contributed by atoms with Crippen LogP contribution in [0.1, 0.15) is 12.8 Å². The van der Waals surface area contributed by atoms with Crippen molar-refractivity contribution in [3.63, 3.8) is 0 Å². The van der Waals surface area contributed by atoms with E-state index in [2.05, 4.69) is 20.7 Å². The van der Waals surface area contributed by atoms with Crippen LogP contribution in [0.3, 0.4) is 0 Å². The molecule has 1 saturated carbocycles. The van der Waals surface area contributed by atoms with Crippen molar-refractivity contribution >= 4 is 23.2 Å². The van der Waals surface area contributed by atoms with Crippen molar-refractivity contribution in [3.8, 4) is 28.5 Å². The van der Waals surface area contributed by atoms with E-state index in [1.54, 1.807) is 67.6 Å². The highest BCUT2D eigenvalue weighted by atomic mass is 19.1. The molecular formula is C27H24FN5O4. The van der Waals surface area contributed by atoms with Crippen LogP contribution in [-0.4, -0.2) is 33.7 Å². The number of hydrogen-bond donors (Lipinski definition) is 2. The van der Waals surface area contributed by atoms with Gasteiger partial charge in [0.15, 0.2) is 11.6 Å². The number of anilines is 2. The molecule has 2 aromatic heterocycles. The second kappa shape index (κ2) is 9.73. The number of carbonyl (C=O) groups is 2. The number of nitrogens with zero attached hydrogens (tertiary/aromatic N) is 3. The zero-order valence-electron chi connectivity index (χ0n) is 20.2. The van der Waals surface area contributed by atoms with Crippen molar-refractivity contribution in [2.24, 2.45) is 12.5 Å². The van der Waals surface area contributed by atoms with E-state index in [0.717, 1.165) is 11.6 Å². The van der Waals surface area contributed by atoms with Crippen molar-refractivity contribution in [1.29, 1.82) is 0 Å². The molecule has 5 rings (SSSR count). The van der Waals surface area contributed by atoms with Crippen molar-refractivity contribution in [3.05, 3.63) is 79.0 Å². The van der Waals surface area contributed by atoms with Crippen LogP contribution < -0.4 is 20.1 Å². The number of aromatic nitrogens is 3. The smallest absolute Gasteiger partial charge is 0.240 e. The number of amides is 2. The molecule has 0 spiro atoms. The molecule has 0 unspecified atom stereocenters. The monoisotopic (exact) mass is 501 g/mol. The van der Waals surface area contributed by atoms with Gasteiger partial charge >= 0.3 is 0 Å². The van der Waals surface area contributed by atoms with Crippen molar-refractivity contribution in [2.45, 2.75) is 12.8 Å². The van der Waals surface area contributed by atoms with E-state index in [1.165, 1.54) is 12.1 Å². The molecule has 4 aromatic rings. The third-order valence-electron chi connectivity index (χ3n) is 6.12. The van der Waals surface area contributed by atoms with E-state index >= 15 is 0 Å². The average molecular weight is 502 g/mol. The third kappa shape index (κ3) is 5.13. The molecule has 0 saturated heterocycles. The molecule has 0 atom stereocenters. The molecule has 1 aliphatic carbocycles. The van der Waals surface area contributed by atoms with Gasteiger partial charge in [0.05, 0.1) is 19.0 Å². The molecule has 2 heterocycles. The molecule has 9 nitrogen and oxygen atoms in total. The summed E-state index contributed by atoms with van der Waals surface area (Å²) in [5.74, 6) is -0.509. The lowest BCUT2D eigenvalue weighted by Gasteiger charge is -2.16. The first-order chi connectivity index (χ1) is 17.9. The van der Waals surface area contributed by atoms with Gasteiger partial charge in [-0.1, -0.05) is 0 Å². The molecule has 0 radical (unpaired) electrons. The third-order valence-corrected chi connectivity index (χ3v) is 6.12. The number of pyridine rings is 1. The predicted octanol–water partition coefficient (Wildman–Crippen LogP) is 4.78. The van der Waals surface area contributed by atoms with E-state index in [4.69, 9.17) is 9.47 Å². The first kappa shape index (κ1) is 24.0. The van der Waals surface area contributed by atoms with Gasteiger partial charge in [0, 0.05) is 48.5 Å². The summed E-state index contributed by atoms with van der Waals surface area (Å²) in [6, 6.07) is 14.2. The highest BCUT2D eigenvalue weighted by Crippen LogP contribution is 2.47.